The highest BCUT2D eigenvalue weighted by Gasteiger charge is 2.37. The largest absolute Gasteiger partial charge is 0.497 e. The highest BCUT2D eigenvalue weighted by molar-refractivity contribution is 8.15. The van der Waals surface area contributed by atoms with Gasteiger partial charge in [-0.15, -0.1) is 0 Å². The molecule has 2 amide bonds. The van der Waals surface area contributed by atoms with Crippen LogP contribution in [0.25, 0.3) is 0 Å². The van der Waals surface area contributed by atoms with Crippen LogP contribution in [0.4, 0.5) is 24.5 Å². The van der Waals surface area contributed by atoms with Crippen molar-refractivity contribution in [3.63, 3.8) is 0 Å². The molecule has 1 heterocycles. The Kier molecular flexibility index (Phi) is 6.80. The lowest BCUT2D eigenvalue weighted by molar-refractivity contribution is -0.137. The number of hydrogen-bond donors (Lipinski definition) is 1. The van der Waals surface area contributed by atoms with Crippen LogP contribution in [0.15, 0.2) is 47.5 Å². The minimum Gasteiger partial charge on any atom is -0.497 e. The Bertz CT molecular complexity index is 1030. The van der Waals surface area contributed by atoms with E-state index in [0.717, 1.165) is 23.9 Å². The molecule has 1 fully saturated rings. The van der Waals surface area contributed by atoms with Crippen LogP contribution in [0.2, 0.25) is 5.02 Å². The first kappa shape index (κ1) is 23.0. The van der Waals surface area contributed by atoms with Gasteiger partial charge in [0.2, 0.25) is 11.8 Å². The van der Waals surface area contributed by atoms with Crippen molar-refractivity contribution in [3.05, 3.63) is 53.1 Å². The summed E-state index contributed by atoms with van der Waals surface area (Å²) in [5.74, 6) is -0.252. The molecule has 1 saturated heterocycles. The van der Waals surface area contributed by atoms with Crippen LogP contribution < -0.4 is 10.1 Å². The normalized spacial score (nSPS) is 17.9. The smallest absolute Gasteiger partial charge is 0.417 e. The zero-order valence-electron chi connectivity index (χ0n) is 16.4. The first-order chi connectivity index (χ1) is 14.6. The van der Waals surface area contributed by atoms with Crippen LogP contribution >= 0.6 is 23.4 Å². The Morgan fingerprint density at radius 3 is 2.55 bits per heavy atom. The molecule has 0 spiro atoms. The molecule has 0 aromatic heterocycles. The van der Waals surface area contributed by atoms with Gasteiger partial charge in [0.05, 0.1) is 23.4 Å². The monoisotopic (exact) mass is 471 g/mol. The van der Waals surface area contributed by atoms with E-state index >= 15 is 0 Å². The van der Waals surface area contributed by atoms with Crippen LogP contribution in [0.1, 0.15) is 12.0 Å². The summed E-state index contributed by atoms with van der Waals surface area (Å²) in [5.41, 5.74) is -0.501. The Balaban J connectivity index is 1.68. The van der Waals surface area contributed by atoms with Crippen molar-refractivity contribution >= 4 is 51.7 Å². The molecule has 0 bridgehead atoms. The fourth-order valence-electron chi connectivity index (χ4n) is 2.77. The Morgan fingerprint density at radius 2 is 1.94 bits per heavy atom. The summed E-state index contributed by atoms with van der Waals surface area (Å²) in [6, 6.07) is 9.99. The summed E-state index contributed by atoms with van der Waals surface area (Å²) >= 11 is 6.70. The number of thioether (sulfide) groups is 1. The van der Waals surface area contributed by atoms with Gasteiger partial charge in [-0.2, -0.15) is 13.2 Å². The van der Waals surface area contributed by atoms with Crippen LogP contribution in [-0.2, 0) is 15.8 Å². The molecule has 164 valence electrons. The number of nitrogens with one attached hydrogen (secondary N) is 1. The van der Waals surface area contributed by atoms with Gasteiger partial charge in [0.1, 0.15) is 11.0 Å². The Hall–Kier alpha value is -2.72. The van der Waals surface area contributed by atoms with Crippen molar-refractivity contribution in [1.82, 2.24) is 4.90 Å². The van der Waals surface area contributed by atoms with Crippen molar-refractivity contribution in [2.45, 2.75) is 17.8 Å². The maximum atomic E-state index is 13.0. The molecule has 1 aliphatic heterocycles. The number of aliphatic imine (C=N–C) groups is 1. The van der Waals surface area contributed by atoms with E-state index in [-0.39, 0.29) is 18.0 Å². The van der Waals surface area contributed by atoms with Crippen molar-refractivity contribution in [3.8, 4) is 5.75 Å². The number of carbonyl (C=O) groups excluding carboxylic acids is 2. The molecule has 0 saturated carbocycles. The minimum atomic E-state index is -4.65. The molecule has 11 heteroatoms. The molecular formula is C20H17ClF3N3O3S. The number of benzene rings is 2. The van der Waals surface area contributed by atoms with Gasteiger partial charge in [0, 0.05) is 19.2 Å². The third-order valence-corrected chi connectivity index (χ3v) is 5.92. The first-order valence-corrected chi connectivity index (χ1v) is 10.2. The number of nitrogens with zero attached hydrogens (tertiary/aromatic N) is 2. The number of halogens is 4. The molecule has 1 N–H and O–H groups in total. The predicted octanol–water partition coefficient (Wildman–Crippen LogP) is 4.96. The van der Waals surface area contributed by atoms with E-state index in [4.69, 9.17) is 16.3 Å². The van der Waals surface area contributed by atoms with Gasteiger partial charge in [-0.1, -0.05) is 23.4 Å². The van der Waals surface area contributed by atoms with Crippen LogP contribution in [-0.4, -0.2) is 41.3 Å². The highest BCUT2D eigenvalue weighted by atomic mass is 35.5. The minimum absolute atomic E-state index is 0.0577. The summed E-state index contributed by atoms with van der Waals surface area (Å²) in [5, 5.41) is 1.60. The SMILES string of the molecule is COc1ccc(N=C2S[C@@H](CC(=O)Nc3ccc(Cl)c(C(F)(F)F)c3)C(=O)N2C)cc1. The number of amides is 2. The zero-order valence-corrected chi connectivity index (χ0v) is 17.9. The third-order valence-electron chi connectivity index (χ3n) is 4.36. The van der Waals surface area contributed by atoms with Crippen molar-refractivity contribution < 1.29 is 27.5 Å². The number of rotatable bonds is 5. The van der Waals surface area contributed by atoms with Gasteiger partial charge in [-0.25, -0.2) is 4.99 Å². The molecule has 0 unspecified atom stereocenters. The first-order valence-electron chi connectivity index (χ1n) is 8.92. The topological polar surface area (TPSA) is 71.0 Å². The second-order valence-corrected chi connectivity index (χ2v) is 8.12. The maximum absolute atomic E-state index is 13.0. The number of methoxy groups -OCH3 is 1. The quantitative estimate of drug-likeness (QED) is 0.669. The van der Waals surface area contributed by atoms with E-state index in [1.807, 2.05) is 0 Å². The van der Waals surface area contributed by atoms with E-state index in [1.165, 1.54) is 11.0 Å². The average Bonchev–Trinajstić information content (AvgIpc) is 2.97. The lowest BCUT2D eigenvalue weighted by Crippen LogP contribution is -2.30. The van der Waals surface area contributed by atoms with Gasteiger partial charge in [0.15, 0.2) is 5.17 Å². The average molecular weight is 472 g/mol. The number of anilines is 1. The van der Waals surface area contributed by atoms with Crippen LogP contribution in [0.5, 0.6) is 5.75 Å². The maximum Gasteiger partial charge on any atom is 0.417 e. The molecule has 31 heavy (non-hydrogen) atoms. The number of amidine groups is 1. The van der Waals surface area contributed by atoms with E-state index < -0.39 is 27.9 Å². The van der Waals surface area contributed by atoms with Crippen molar-refractivity contribution in [1.29, 1.82) is 0 Å². The molecule has 0 aliphatic carbocycles. The van der Waals surface area contributed by atoms with Gasteiger partial charge in [0.25, 0.3) is 0 Å². The second-order valence-electron chi connectivity index (χ2n) is 6.54. The molecule has 6 nitrogen and oxygen atoms in total. The zero-order chi connectivity index (χ0) is 22.8. The predicted molar refractivity (Wildman–Crippen MR) is 114 cm³/mol. The van der Waals surface area contributed by atoms with E-state index in [1.54, 1.807) is 38.4 Å². The molecule has 1 aliphatic rings. The van der Waals surface area contributed by atoms with Crippen molar-refractivity contribution in [2.75, 3.05) is 19.5 Å². The van der Waals surface area contributed by atoms with E-state index in [2.05, 4.69) is 10.3 Å². The summed E-state index contributed by atoms with van der Waals surface area (Å²) in [6.07, 6.45) is -4.87. The summed E-state index contributed by atoms with van der Waals surface area (Å²) < 4.78 is 44.0. The summed E-state index contributed by atoms with van der Waals surface area (Å²) in [4.78, 5) is 30.6. The van der Waals surface area contributed by atoms with Gasteiger partial charge < -0.3 is 10.1 Å². The fourth-order valence-corrected chi connectivity index (χ4v) is 4.14. The van der Waals surface area contributed by atoms with Gasteiger partial charge in [-0.3, -0.25) is 14.5 Å². The lowest BCUT2D eigenvalue weighted by Gasteiger charge is -2.12. The van der Waals surface area contributed by atoms with E-state index in [0.29, 0.717) is 16.6 Å². The lowest BCUT2D eigenvalue weighted by atomic mass is 10.2. The Labute approximate surface area is 185 Å². The van der Waals surface area contributed by atoms with Gasteiger partial charge >= 0.3 is 6.18 Å². The second kappa shape index (κ2) is 9.19. The third kappa shape index (κ3) is 5.50. The van der Waals surface area contributed by atoms with Crippen molar-refractivity contribution in [2.24, 2.45) is 4.99 Å². The molecule has 1 atom stereocenters. The fraction of sp³-hybridized carbons (Fsp3) is 0.250. The van der Waals surface area contributed by atoms with Crippen LogP contribution in [0.3, 0.4) is 0 Å². The van der Waals surface area contributed by atoms with Gasteiger partial charge in [-0.05, 0) is 42.5 Å². The highest BCUT2D eigenvalue weighted by Crippen LogP contribution is 2.36. The van der Waals surface area contributed by atoms with Crippen LogP contribution in [0, 0.1) is 0 Å². The molecule has 2 aromatic rings. The molecule has 2 aromatic carbocycles. The number of ether oxygens (including phenoxy) is 1. The Morgan fingerprint density at radius 1 is 1.26 bits per heavy atom. The summed E-state index contributed by atoms with van der Waals surface area (Å²) in [6.45, 7) is 0. The summed E-state index contributed by atoms with van der Waals surface area (Å²) in [7, 11) is 3.09. The standard InChI is InChI=1S/C20H17ClF3N3O3S/c1-27-18(29)16(31-19(27)26-11-3-6-13(30-2)7-4-11)10-17(28)25-12-5-8-15(21)14(9-12)20(22,23)24/h3-9,16H,10H2,1-2H3,(H,25,28)/t16-/m0/s1. The number of hydrogen-bond acceptors (Lipinski definition) is 5. The number of carbonyl (C=O) groups is 2. The van der Waals surface area contributed by atoms with E-state index in [9.17, 15) is 22.8 Å². The molecule has 3 rings (SSSR count). The number of alkyl halides is 3. The molecule has 0 radical (unpaired) electrons. The molecular weight excluding hydrogens is 455 g/mol.